The standard InChI is InChI=1S/C29H27N3O6/c1-29(2,3)38-28(37)31-22(16-17-10-5-4-6-11-17)27(36)32(30)26(35)21-15-9-14-20-23(21)25(34)19-13-8-7-12-18(19)24(20)33/h4-15,22H,16,30H2,1-3H3,(H,31,37)/t22-/m1/s1. The van der Waals surface area contributed by atoms with Gasteiger partial charge in [-0.3, -0.25) is 19.2 Å². The zero-order valence-corrected chi connectivity index (χ0v) is 21.2. The Morgan fingerprint density at radius 3 is 2.05 bits per heavy atom. The third-order valence-electron chi connectivity index (χ3n) is 5.91. The monoisotopic (exact) mass is 513 g/mol. The number of hydrazine groups is 1. The van der Waals surface area contributed by atoms with Gasteiger partial charge in [0, 0.05) is 28.7 Å². The van der Waals surface area contributed by atoms with Gasteiger partial charge in [0.25, 0.3) is 11.8 Å². The fraction of sp³-hybridized carbons (Fsp3) is 0.207. The molecular formula is C29H27N3O6. The van der Waals surface area contributed by atoms with E-state index in [0.29, 0.717) is 10.6 Å². The zero-order chi connectivity index (χ0) is 27.6. The van der Waals surface area contributed by atoms with Crippen LogP contribution in [0.25, 0.3) is 0 Å². The first-order valence-electron chi connectivity index (χ1n) is 12.0. The van der Waals surface area contributed by atoms with E-state index in [2.05, 4.69) is 5.32 Å². The van der Waals surface area contributed by atoms with Gasteiger partial charge in [-0.2, -0.15) is 0 Å². The van der Waals surface area contributed by atoms with Gasteiger partial charge in [0.15, 0.2) is 11.6 Å². The molecule has 3 N–H and O–H groups in total. The van der Waals surface area contributed by atoms with Crippen molar-refractivity contribution in [3.63, 3.8) is 0 Å². The van der Waals surface area contributed by atoms with Crippen molar-refractivity contribution in [1.82, 2.24) is 10.3 Å². The Hall–Kier alpha value is -4.63. The lowest BCUT2D eigenvalue weighted by molar-refractivity contribution is -0.131. The second kappa shape index (κ2) is 10.4. The molecule has 1 aliphatic rings. The number of hydrogen-bond acceptors (Lipinski definition) is 7. The topological polar surface area (TPSA) is 136 Å². The summed E-state index contributed by atoms with van der Waals surface area (Å²) >= 11 is 0. The molecule has 0 saturated heterocycles. The van der Waals surface area contributed by atoms with E-state index >= 15 is 0 Å². The van der Waals surface area contributed by atoms with Crippen molar-refractivity contribution >= 4 is 29.5 Å². The third kappa shape index (κ3) is 5.37. The predicted octanol–water partition coefficient (Wildman–Crippen LogP) is 3.44. The lowest BCUT2D eigenvalue weighted by Gasteiger charge is -2.26. The van der Waals surface area contributed by atoms with Crippen molar-refractivity contribution in [2.45, 2.75) is 38.8 Å². The van der Waals surface area contributed by atoms with Gasteiger partial charge in [-0.05, 0) is 32.4 Å². The van der Waals surface area contributed by atoms with E-state index in [9.17, 15) is 24.0 Å². The number of benzene rings is 3. The quantitative estimate of drug-likeness (QED) is 0.237. The maximum absolute atomic E-state index is 13.5. The SMILES string of the molecule is CC(C)(C)OC(=O)N[C@H](Cc1ccccc1)C(=O)N(N)C(=O)c1cccc2c1C(=O)c1ccccc1C2=O. The largest absolute Gasteiger partial charge is 0.444 e. The second-order valence-electron chi connectivity index (χ2n) is 9.83. The fourth-order valence-corrected chi connectivity index (χ4v) is 4.22. The molecule has 0 aromatic heterocycles. The number of carbonyl (C=O) groups is 5. The Bertz CT molecular complexity index is 1440. The summed E-state index contributed by atoms with van der Waals surface area (Å²) in [5.41, 5.74) is 0.0134. The molecule has 0 fully saturated rings. The minimum atomic E-state index is -1.25. The Kier molecular flexibility index (Phi) is 7.23. The van der Waals surface area contributed by atoms with Gasteiger partial charge in [-0.1, -0.05) is 66.7 Å². The molecule has 3 aromatic carbocycles. The normalized spacial score (nSPS) is 13.2. The van der Waals surface area contributed by atoms with Gasteiger partial charge in [0.1, 0.15) is 11.6 Å². The molecule has 3 aromatic rings. The number of nitrogens with zero attached hydrogens (tertiary/aromatic N) is 1. The minimum absolute atomic E-state index is 0.0254. The number of nitrogens with one attached hydrogen (secondary N) is 1. The van der Waals surface area contributed by atoms with Crippen LogP contribution in [0, 0.1) is 0 Å². The first-order chi connectivity index (χ1) is 18.0. The van der Waals surface area contributed by atoms with Gasteiger partial charge < -0.3 is 10.1 Å². The molecule has 0 heterocycles. The number of hydrogen-bond donors (Lipinski definition) is 2. The van der Waals surface area contributed by atoms with Gasteiger partial charge in [-0.15, -0.1) is 0 Å². The predicted molar refractivity (Wildman–Crippen MR) is 138 cm³/mol. The molecule has 0 unspecified atom stereocenters. The van der Waals surface area contributed by atoms with E-state index in [1.54, 1.807) is 69.3 Å². The van der Waals surface area contributed by atoms with Crippen molar-refractivity contribution in [3.05, 3.63) is 106 Å². The number of ether oxygens (including phenoxy) is 1. The smallest absolute Gasteiger partial charge is 0.408 e. The van der Waals surface area contributed by atoms with Gasteiger partial charge in [-0.25, -0.2) is 15.6 Å². The van der Waals surface area contributed by atoms with Crippen LogP contribution in [0.15, 0.2) is 72.8 Å². The number of imide groups is 1. The number of nitrogens with two attached hydrogens (primary N) is 1. The first-order valence-corrected chi connectivity index (χ1v) is 12.0. The summed E-state index contributed by atoms with van der Waals surface area (Å²) in [6.45, 7) is 5.02. The maximum atomic E-state index is 13.5. The van der Waals surface area contributed by atoms with E-state index in [-0.39, 0.29) is 34.2 Å². The number of rotatable bonds is 5. The first kappa shape index (κ1) is 26.4. The second-order valence-corrected chi connectivity index (χ2v) is 9.83. The van der Waals surface area contributed by atoms with E-state index in [1.165, 1.54) is 24.3 Å². The van der Waals surface area contributed by atoms with E-state index in [4.69, 9.17) is 10.6 Å². The zero-order valence-electron chi connectivity index (χ0n) is 21.2. The summed E-state index contributed by atoms with van der Waals surface area (Å²) in [6.07, 6.45) is -0.834. The molecule has 0 saturated carbocycles. The van der Waals surface area contributed by atoms with Crippen LogP contribution in [0.4, 0.5) is 4.79 Å². The number of amides is 3. The van der Waals surface area contributed by atoms with Crippen LogP contribution in [0.1, 0.15) is 68.5 Å². The molecule has 0 aliphatic heterocycles. The molecule has 1 aliphatic carbocycles. The number of alkyl carbamates (subject to hydrolysis) is 1. The summed E-state index contributed by atoms with van der Waals surface area (Å²) in [5.74, 6) is 3.17. The average Bonchev–Trinajstić information content (AvgIpc) is 2.89. The Balaban J connectivity index is 1.65. The van der Waals surface area contributed by atoms with Crippen LogP contribution in [0.2, 0.25) is 0 Å². The Labute approximate surface area is 219 Å². The minimum Gasteiger partial charge on any atom is -0.444 e. The molecule has 0 radical (unpaired) electrons. The van der Waals surface area contributed by atoms with Crippen molar-refractivity contribution in [3.8, 4) is 0 Å². The molecule has 3 amide bonds. The number of ketones is 2. The molecule has 194 valence electrons. The average molecular weight is 514 g/mol. The number of fused-ring (bicyclic) bond motifs is 2. The van der Waals surface area contributed by atoms with E-state index in [0.717, 1.165) is 0 Å². The Morgan fingerprint density at radius 1 is 0.842 bits per heavy atom. The van der Waals surface area contributed by atoms with Crippen LogP contribution in [-0.2, 0) is 16.0 Å². The molecule has 0 bridgehead atoms. The molecule has 9 nitrogen and oxygen atoms in total. The van der Waals surface area contributed by atoms with E-state index in [1.807, 2.05) is 0 Å². The summed E-state index contributed by atoms with van der Waals surface area (Å²) in [5, 5.41) is 2.85. The lowest BCUT2D eigenvalue weighted by Crippen LogP contribution is -2.55. The van der Waals surface area contributed by atoms with E-state index < -0.39 is 41.1 Å². The van der Waals surface area contributed by atoms with Gasteiger partial charge >= 0.3 is 6.09 Å². The van der Waals surface area contributed by atoms with Crippen molar-refractivity contribution in [2.75, 3.05) is 0 Å². The molecule has 9 heteroatoms. The van der Waals surface area contributed by atoms with Crippen LogP contribution in [0.3, 0.4) is 0 Å². The summed E-state index contributed by atoms with van der Waals surface area (Å²) in [4.78, 5) is 65.7. The van der Waals surface area contributed by atoms with Crippen LogP contribution >= 0.6 is 0 Å². The molecule has 0 spiro atoms. The van der Waals surface area contributed by atoms with Crippen molar-refractivity contribution < 1.29 is 28.7 Å². The summed E-state index contributed by atoms with van der Waals surface area (Å²) in [7, 11) is 0. The summed E-state index contributed by atoms with van der Waals surface area (Å²) < 4.78 is 5.29. The Morgan fingerprint density at radius 2 is 1.42 bits per heavy atom. The highest BCUT2D eigenvalue weighted by atomic mass is 16.6. The highest BCUT2D eigenvalue weighted by molar-refractivity contribution is 6.31. The lowest BCUT2D eigenvalue weighted by atomic mass is 9.81. The summed E-state index contributed by atoms with van der Waals surface area (Å²) in [6, 6.07) is 18.2. The molecule has 38 heavy (non-hydrogen) atoms. The fourth-order valence-electron chi connectivity index (χ4n) is 4.22. The van der Waals surface area contributed by atoms with Crippen LogP contribution < -0.4 is 11.2 Å². The van der Waals surface area contributed by atoms with Crippen molar-refractivity contribution in [1.29, 1.82) is 0 Å². The highest BCUT2D eigenvalue weighted by Crippen LogP contribution is 2.30. The molecule has 4 rings (SSSR count). The molecular weight excluding hydrogens is 486 g/mol. The third-order valence-corrected chi connectivity index (χ3v) is 5.91. The van der Waals surface area contributed by atoms with Crippen molar-refractivity contribution in [2.24, 2.45) is 5.84 Å². The van der Waals surface area contributed by atoms with Gasteiger partial charge in [0.05, 0.1) is 5.56 Å². The van der Waals surface area contributed by atoms with Crippen LogP contribution in [0.5, 0.6) is 0 Å². The van der Waals surface area contributed by atoms with Crippen LogP contribution in [-0.4, -0.2) is 46.1 Å². The van der Waals surface area contributed by atoms with Gasteiger partial charge in [0.2, 0.25) is 0 Å². The number of carbonyl (C=O) groups excluding carboxylic acids is 5. The molecule has 1 atom stereocenters. The highest BCUT2D eigenvalue weighted by Gasteiger charge is 2.36. The maximum Gasteiger partial charge on any atom is 0.408 e.